The summed E-state index contributed by atoms with van der Waals surface area (Å²) in [7, 11) is 1.41. The number of likely N-dealkylation sites (N-methyl/N-ethyl adjacent to an activating group) is 1. The van der Waals surface area contributed by atoms with Gasteiger partial charge in [0.05, 0.1) is 23.5 Å². The first-order valence-electron chi connectivity index (χ1n) is 8.22. The standard InChI is InChI=1S/C17H22ClFN6O3/c1-10(2)17(23-9-26,16(28)21-3)8-22-15(27)14(7-20)25-24-11-4-5-12(18)13(19)6-11/h4-7,9-10,20,24H,8H2,1-3H3,(H,21,28)(H,22,27)(H,23,26)/b20-7?,25-14+. The second-order valence-corrected chi connectivity index (χ2v) is 6.44. The molecule has 0 spiro atoms. The van der Waals surface area contributed by atoms with E-state index >= 15 is 0 Å². The van der Waals surface area contributed by atoms with E-state index in [1.54, 1.807) is 13.8 Å². The lowest BCUT2D eigenvalue weighted by molar-refractivity contribution is -0.132. The molecule has 152 valence electrons. The van der Waals surface area contributed by atoms with Crippen LogP contribution in [0.1, 0.15) is 13.8 Å². The smallest absolute Gasteiger partial charge is 0.273 e. The predicted octanol–water partition coefficient (Wildman–Crippen LogP) is 0.900. The largest absolute Gasteiger partial charge is 0.357 e. The fraction of sp³-hybridized carbons (Fsp3) is 0.353. The van der Waals surface area contributed by atoms with Crippen molar-refractivity contribution in [3.8, 4) is 0 Å². The molecule has 11 heteroatoms. The number of hydrogen-bond acceptors (Lipinski definition) is 6. The van der Waals surface area contributed by atoms with Crippen LogP contribution in [-0.4, -0.2) is 49.3 Å². The van der Waals surface area contributed by atoms with Crippen LogP contribution in [0.25, 0.3) is 0 Å². The average molecular weight is 413 g/mol. The van der Waals surface area contributed by atoms with Gasteiger partial charge in [-0.3, -0.25) is 19.8 Å². The Morgan fingerprint density at radius 2 is 2.07 bits per heavy atom. The van der Waals surface area contributed by atoms with Crippen molar-refractivity contribution < 1.29 is 18.8 Å². The summed E-state index contributed by atoms with van der Waals surface area (Å²) >= 11 is 5.59. The molecule has 1 aromatic carbocycles. The number of carbonyl (C=O) groups is 3. The Bertz CT molecular complexity index is 786. The highest BCUT2D eigenvalue weighted by Crippen LogP contribution is 2.19. The van der Waals surface area contributed by atoms with E-state index in [-0.39, 0.29) is 28.9 Å². The van der Waals surface area contributed by atoms with Gasteiger partial charge in [-0.2, -0.15) is 5.10 Å². The minimum atomic E-state index is -1.38. The first kappa shape index (κ1) is 23.0. The zero-order valence-electron chi connectivity index (χ0n) is 15.6. The van der Waals surface area contributed by atoms with Crippen molar-refractivity contribution in [3.05, 3.63) is 29.0 Å². The molecular formula is C17H22ClFN6O3. The van der Waals surface area contributed by atoms with E-state index in [2.05, 4.69) is 26.5 Å². The molecule has 1 aromatic rings. The highest BCUT2D eigenvalue weighted by atomic mass is 35.5. The van der Waals surface area contributed by atoms with Gasteiger partial charge in [0.15, 0.2) is 5.71 Å². The van der Waals surface area contributed by atoms with Crippen molar-refractivity contribution in [1.82, 2.24) is 16.0 Å². The number of amides is 3. The summed E-state index contributed by atoms with van der Waals surface area (Å²) in [6.07, 6.45) is 1.07. The maximum atomic E-state index is 13.4. The number of hydrogen-bond donors (Lipinski definition) is 5. The van der Waals surface area contributed by atoms with Crippen molar-refractivity contribution in [2.24, 2.45) is 11.0 Å². The molecule has 3 amide bonds. The van der Waals surface area contributed by atoms with Crippen molar-refractivity contribution in [3.63, 3.8) is 0 Å². The van der Waals surface area contributed by atoms with Crippen molar-refractivity contribution in [2.45, 2.75) is 19.4 Å². The topological polar surface area (TPSA) is 136 Å². The zero-order chi connectivity index (χ0) is 21.3. The van der Waals surface area contributed by atoms with Crippen LogP contribution in [0.15, 0.2) is 23.3 Å². The van der Waals surface area contributed by atoms with E-state index in [0.29, 0.717) is 12.6 Å². The molecular weight excluding hydrogens is 391 g/mol. The number of benzene rings is 1. The van der Waals surface area contributed by atoms with Gasteiger partial charge in [-0.1, -0.05) is 25.4 Å². The second-order valence-electron chi connectivity index (χ2n) is 6.03. The third kappa shape index (κ3) is 5.49. The van der Waals surface area contributed by atoms with Crippen LogP contribution >= 0.6 is 11.6 Å². The Balaban J connectivity index is 2.94. The maximum absolute atomic E-state index is 13.4. The molecule has 0 bridgehead atoms. The summed E-state index contributed by atoms with van der Waals surface area (Å²) < 4.78 is 13.4. The molecule has 5 N–H and O–H groups in total. The van der Waals surface area contributed by atoms with Gasteiger partial charge in [-0.05, 0) is 18.1 Å². The summed E-state index contributed by atoms with van der Waals surface area (Å²) in [6, 6.07) is 3.83. The van der Waals surface area contributed by atoms with Crippen molar-refractivity contribution in [1.29, 1.82) is 5.41 Å². The Hall–Kier alpha value is -3.01. The van der Waals surface area contributed by atoms with E-state index in [1.807, 2.05) is 0 Å². The zero-order valence-corrected chi connectivity index (χ0v) is 16.4. The molecule has 0 aromatic heterocycles. The molecule has 1 unspecified atom stereocenters. The minimum absolute atomic E-state index is 0.0681. The highest BCUT2D eigenvalue weighted by molar-refractivity contribution is 6.60. The monoisotopic (exact) mass is 412 g/mol. The van der Waals surface area contributed by atoms with Crippen molar-refractivity contribution >= 4 is 47.4 Å². The predicted molar refractivity (Wildman–Crippen MR) is 105 cm³/mol. The van der Waals surface area contributed by atoms with Gasteiger partial charge in [0.25, 0.3) is 5.91 Å². The van der Waals surface area contributed by atoms with Crippen LogP contribution in [0.2, 0.25) is 5.02 Å². The Morgan fingerprint density at radius 1 is 1.39 bits per heavy atom. The fourth-order valence-electron chi connectivity index (χ4n) is 2.31. The van der Waals surface area contributed by atoms with E-state index in [4.69, 9.17) is 17.0 Å². The summed E-state index contributed by atoms with van der Waals surface area (Å²) in [5.74, 6) is -2.28. The molecule has 0 saturated carbocycles. The van der Waals surface area contributed by atoms with Gasteiger partial charge < -0.3 is 21.4 Å². The van der Waals surface area contributed by atoms with Gasteiger partial charge in [-0.15, -0.1) is 0 Å². The van der Waals surface area contributed by atoms with Crippen LogP contribution in [0.3, 0.4) is 0 Å². The first-order chi connectivity index (χ1) is 13.2. The van der Waals surface area contributed by atoms with Crippen LogP contribution in [0.5, 0.6) is 0 Å². The molecule has 0 saturated heterocycles. The summed E-state index contributed by atoms with van der Waals surface area (Å²) in [6.45, 7) is 3.19. The molecule has 0 radical (unpaired) electrons. The lowest BCUT2D eigenvalue weighted by Gasteiger charge is -2.35. The minimum Gasteiger partial charge on any atom is -0.357 e. The quantitative estimate of drug-likeness (QED) is 0.221. The molecule has 0 aliphatic carbocycles. The Labute approximate surface area is 166 Å². The number of anilines is 1. The number of nitrogens with zero attached hydrogens (tertiary/aromatic N) is 1. The summed E-state index contributed by atoms with van der Waals surface area (Å²) in [5.41, 5.74) is 0.965. The summed E-state index contributed by atoms with van der Waals surface area (Å²) in [5, 5.41) is 18.4. The maximum Gasteiger partial charge on any atom is 0.273 e. The van der Waals surface area contributed by atoms with Crippen LogP contribution in [0, 0.1) is 17.1 Å². The number of halogens is 2. The van der Waals surface area contributed by atoms with Crippen molar-refractivity contribution in [2.75, 3.05) is 19.0 Å². The molecule has 0 fully saturated rings. The average Bonchev–Trinajstić information content (AvgIpc) is 2.67. The Kier molecular flexibility index (Phi) is 8.52. The second kappa shape index (κ2) is 10.4. The van der Waals surface area contributed by atoms with E-state index in [1.165, 1.54) is 19.2 Å². The molecule has 28 heavy (non-hydrogen) atoms. The van der Waals surface area contributed by atoms with Gasteiger partial charge >= 0.3 is 0 Å². The SMILES string of the molecule is CNC(=O)C(CNC(=O)/C(C=N)=N/Nc1ccc(Cl)c(F)c1)(NC=O)C(C)C. The molecule has 9 nitrogen and oxygen atoms in total. The normalized spacial score (nSPS) is 13.3. The number of nitrogens with one attached hydrogen (secondary N) is 5. The fourth-order valence-corrected chi connectivity index (χ4v) is 2.42. The molecule has 0 aliphatic heterocycles. The van der Waals surface area contributed by atoms with E-state index in [9.17, 15) is 18.8 Å². The summed E-state index contributed by atoms with van der Waals surface area (Å²) in [4.78, 5) is 35.6. The molecule has 1 atom stereocenters. The van der Waals surface area contributed by atoms with Gasteiger partial charge in [-0.25, -0.2) is 4.39 Å². The number of rotatable bonds is 10. The lowest BCUT2D eigenvalue weighted by Crippen LogP contribution is -2.65. The molecule has 0 heterocycles. The van der Waals surface area contributed by atoms with Crippen LogP contribution in [-0.2, 0) is 14.4 Å². The first-order valence-corrected chi connectivity index (χ1v) is 8.60. The molecule has 1 rings (SSSR count). The van der Waals surface area contributed by atoms with E-state index < -0.39 is 23.2 Å². The molecule has 0 aliphatic rings. The van der Waals surface area contributed by atoms with Crippen LogP contribution in [0.4, 0.5) is 10.1 Å². The van der Waals surface area contributed by atoms with Gasteiger partial charge in [0.2, 0.25) is 12.3 Å². The third-order valence-corrected chi connectivity index (χ3v) is 4.36. The van der Waals surface area contributed by atoms with E-state index in [0.717, 1.165) is 6.07 Å². The van der Waals surface area contributed by atoms with Gasteiger partial charge in [0, 0.05) is 13.1 Å². The number of hydrazone groups is 1. The van der Waals surface area contributed by atoms with Crippen LogP contribution < -0.4 is 21.4 Å². The lowest BCUT2D eigenvalue weighted by atomic mass is 9.85. The van der Waals surface area contributed by atoms with Gasteiger partial charge in [0.1, 0.15) is 11.4 Å². The number of carbonyl (C=O) groups excluding carboxylic acids is 3. The highest BCUT2D eigenvalue weighted by Gasteiger charge is 2.41. The third-order valence-electron chi connectivity index (χ3n) is 4.06. The Morgan fingerprint density at radius 3 is 2.57 bits per heavy atom.